The highest BCUT2D eigenvalue weighted by Gasteiger charge is 2.32. The van der Waals surface area contributed by atoms with Crippen molar-refractivity contribution in [2.45, 2.75) is 45.1 Å². The van der Waals surface area contributed by atoms with Crippen LogP contribution in [0, 0.1) is 6.92 Å². The van der Waals surface area contributed by atoms with Crippen LogP contribution < -0.4 is 5.73 Å². The fourth-order valence-corrected chi connectivity index (χ4v) is 3.26. The maximum Gasteiger partial charge on any atom is 0.242 e. The lowest BCUT2D eigenvalue weighted by molar-refractivity contribution is -0.137. The minimum absolute atomic E-state index is 0.0421. The minimum atomic E-state index is -0.777. The number of aryl methyl sites for hydroxylation is 1. The highest BCUT2D eigenvalue weighted by molar-refractivity contribution is 7.09. The molecule has 18 heavy (non-hydrogen) atoms. The van der Waals surface area contributed by atoms with Gasteiger partial charge in [-0.25, -0.2) is 4.98 Å². The second-order valence-corrected chi connectivity index (χ2v) is 6.53. The number of amides is 1. The lowest BCUT2D eigenvalue weighted by atomic mass is 9.96. The molecule has 2 rings (SSSR count). The van der Waals surface area contributed by atoms with Gasteiger partial charge in [-0.15, -0.1) is 11.3 Å². The number of thiazole rings is 1. The van der Waals surface area contributed by atoms with Crippen LogP contribution in [0.3, 0.4) is 0 Å². The van der Waals surface area contributed by atoms with Gasteiger partial charge in [0.1, 0.15) is 0 Å². The summed E-state index contributed by atoms with van der Waals surface area (Å²) in [6.07, 6.45) is 2.15. The zero-order valence-corrected chi connectivity index (χ0v) is 12.1. The van der Waals surface area contributed by atoms with Gasteiger partial charge < -0.3 is 10.6 Å². The van der Waals surface area contributed by atoms with Crippen molar-refractivity contribution in [2.24, 2.45) is 5.73 Å². The van der Waals surface area contributed by atoms with Gasteiger partial charge in [0.15, 0.2) is 0 Å². The summed E-state index contributed by atoms with van der Waals surface area (Å²) in [5.74, 6) is 0.421. The standard InChI is InChI=1S/C13H21N3OS/c1-9-8-18-11(15-9)10-5-4-6-16(7-10)12(17)13(2,3)14/h8,10H,4-7,14H2,1-3H3. The predicted octanol–water partition coefficient (Wildman–Crippen LogP) is 1.89. The molecule has 2 heterocycles. The number of nitrogens with zero attached hydrogens (tertiary/aromatic N) is 2. The van der Waals surface area contributed by atoms with E-state index in [0.717, 1.165) is 36.6 Å². The maximum atomic E-state index is 12.2. The zero-order valence-electron chi connectivity index (χ0n) is 11.3. The first kappa shape index (κ1) is 13.5. The van der Waals surface area contributed by atoms with Crippen LogP contribution in [0.1, 0.15) is 43.3 Å². The van der Waals surface area contributed by atoms with Crippen LogP contribution in [0.15, 0.2) is 5.38 Å². The third-order valence-electron chi connectivity index (χ3n) is 3.25. The summed E-state index contributed by atoms with van der Waals surface area (Å²) in [4.78, 5) is 18.6. The van der Waals surface area contributed by atoms with Crippen LogP contribution in [-0.2, 0) is 4.79 Å². The first-order chi connectivity index (χ1) is 8.38. The Morgan fingerprint density at radius 3 is 2.89 bits per heavy atom. The maximum absolute atomic E-state index is 12.2. The van der Waals surface area contributed by atoms with Crippen molar-refractivity contribution in [1.29, 1.82) is 0 Å². The molecular weight excluding hydrogens is 246 g/mol. The van der Waals surface area contributed by atoms with Crippen molar-refractivity contribution in [2.75, 3.05) is 13.1 Å². The first-order valence-electron chi connectivity index (χ1n) is 6.38. The third kappa shape index (κ3) is 2.90. The number of nitrogens with two attached hydrogens (primary N) is 1. The van der Waals surface area contributed by atoms with Gasteiger partial charge in [0, 0.05) is 30.1 Å². The molecule has 1 saturated heterocycles. The largest absolute Gasteiger partial charge is 0.340 e. The Hall–Kier alpha value is -0.940. The van der Waals surface area contributed by atoms with E-state index in [9.17, 15) is 4.79 Å². The average molecular weight is 267 g/mol. The van der Waals surface area contributed by atoms with E-state index in [0.29, 0.717) is 5.92 Å². The highest BCUT2D eigenvalue weighted by atomic mass is 32.1. The summed E-state index contributed by atoms with van der Waals surface area (Å²) in [5.41, 5.74) is 6.18. The third-order valence-corrected chi connectivity index (χ3v) is 4.37. The Balaban J connectivity index is 2.07. The van der Waals surface area contributed by atoms with Crippen molar-refractivity contribution in [1.82, 2.24) is 9.88 Å². The van der Waals surface area contributed by atoms with Gasteiger partial charge in [-0.05, 0) is 33.6 Å². The van der Waals surface area contributed by atoms with Crippen LogP contribution >= 0.6 is 11.3 Å². The molecule has 0 radical (unpaired) electrons. The van der Waals surface area contributed by atoms with E-state index in [1.807, 2.05) is 11.8 Å². The normalized spacial score (nSPS) is 21.1. The van der Waals surface area contributed by atoms with E-state index >= 15 is 0 Å². The summed E-state index contributed by atoms with van der Waals surface area (Å²) in [5, 5.41) is 3.23. The Morgan fingerprint density at radius 1 is 1.61 bits per heavy atom. The number of carbonyl (C=O) groups is 1. The number of likely N-dealkylation sites (tertiary alicyclic amines) is 1. The van der Waals surface area contributed by atoms with Gasteiger partial charge in [-0.3, -0.25) is 4.79 Å². The molecule has 1 fully saturated rings. The molecule has 4 nitrogen and oxygen atoms in total. The molecule has 1 atom stereocenters. The zero-order chi connectivity index (χ0) is 13.3. The molecule has 5 heteroatoms. The molecule has 1 aliphatic heterocycles. The van der Waals surface area contributed by atoms with Gasteiger partial charge in [-0.1, -0.05) is 0 Å². The summed E-state index contributed by atoms with van der Waals surface area (Å²) < 4.78 is 0. The molecule has 1 unspecified atom stereocenters. The van der Waals surface area contributed by atoms with Crippen molar-refractivity contribution in [3.63, 3.8) is 0 Å². The number of hydrogen-bond acceptors (Lipinski definition) is 4. The van der Waals surface area contributed by atoms with Crippen LogP contribution in [0.25, 0.3) is 0 Å². The summed E-state index contributed by atoms with van der Waals surface area (Å²) >= 11 is 1.70. The number of carbonyl (C=O) groups excluding carboxylic acids is 1. The number of rotatable bonds is 2. The number of aromatic nitrogens is 1. The lowest BCUT2D eigenvalue weighted by Crippen LogP contribution is -2.53. The Morgan fingerprint density at radius 2 is 2.33 bits per heavy atom. The van der Waals surface area contributed by atoms with Crippen LogP contribution in [0.4, 0.5) is 0 Å². The average Bonchev–Trinajstić information content (AvgIpc) is 2.74. The number of piperidine rings is 1. The van der Waals surface area contributed by atoms with Crippen molar-refractivity contribution >= 4 is 17.2 Å². The molecule has 0 bridgehead atoms. The molecular formula is C13H21N3OS. The minimum Gasteiger partial charge on any atom is -0.340 e. The van der Waals surface area contributed by atoms with Crippen molar-refractivity contribution < 1.29 is 4.79 Å². The molecule has 100 valence electrons. The Labute approximate surface area is 112 Å². The number of hydrogen-bond donors (Lipinski definition) is 1. The van der Waals surface area contributed by atoms with E-state index in [1.165, 1.54) is 0 Å². The van der Waals surface area contributed by atoms with E-state index in [4.69, 9.17) is 5.73 Å². The topological polar surface area (TPSA) is 59.2 Å². The van der Waals surface area contributed by atoms with Crippen molar-refractivity contribution in [3.05, 3.63) is 16.1 Å². The fourth-order valence-electron chi connectivity index (χ4n) is 2.33. The van der Waals surface area contributed by atoms with Crippen molar-refractivity contribution in [3.8, 4) is 0 Å². The van der Waals surface area contributed by atoms with Crippen LogP contribution in [0.2, 0.25) is 0 Å². The quantitative estimate of drug-likeness (QED) is 0.890. The van der Waals surface area contributed by atoms with Crippen LogP contribution in [0.5, 0.6) is 0 Å². The molecule has 0 saturated carbocycles. The molecule has 0 aliphatic carbocycles. The van der Waals surface area contributed by atoms with Gasteiger partial charge in [0.25, 0.3) is 0 Å². The van der Waals surface area contributed by atoms with Crippen LogP contribution in [-0.4, -0.2) is 34.4 Å². The molecule has 0 aromatic carbocycles. The first-order valence-corrected chi connectivity index (χ1v) is 7.26. The van der Waals surface area contributed by atoms with Gasteiger partial charge in [0.05, 0.1) is 10.5 Å². The SMILES string of the molecule is Cc1csc(C2CCCN(C(=O)C(C)(C)N)C2)n1. The molecule has 0 spiro atoms. The fraction of sp³-hybridized carbons (Fsp3) is 0.692. The van der Waals surface area contributed by atoms with Gasteiger partial charge in [0.2, 0.25) is 5.91 Å². The van der Waals surface area contributed by atoms with E-state index in [1.54, 1.807) is 25.2 Å². The monoisotopic (exact) mass is 267 g/mol. The lowest BCUT2D eigenvalue weighted by Gasteiger charge is -2.35. The van der Waals surface area contributed by atoms with Gasteiger partial charge in [-0.2, -0.15) is 0 Å². The highest BCUT2D eigenvalue weighted by Crippen LogP contribution is 2.29. The van der Waals surface area contributed by atoms with E-state index in [2.05, 4.69) is 10.4 Å². The molecule has 1 aliphatic rings. The Bertz CT molecular complexity index is 436. The second-order valence-electron chi connectivity index (χ2n) is 5.64. The molecule has 2 N–H and O–H groups in total. The smallest absolute Gasteiger partial charge is 0.242 e. The Kier molecular flexibility index (Phi) is 3.73. The summed E-state index contributed by atoms with van der Waals surface area (Å²) in [6, 6.07) is 0. The molecule has 1 aromatic heterocycles. The van der Waals surface area contributed by atoms with E-state index in [-0.39, 0.29) is 5.91 Å². The van der Waals surface area contributed by atoms with E-state index < -0.39 is 5.54 Å². The molecule has 1 amide bonds. The predicted molar refractivity (Wildman–Crippen MR) is 73.7 cm³/mol. The van der Waals surface area contributed by atoms with Gasteiger partial charge >= 0.3 is 0 Å². The second kappa shape index (κ2) is 4.97. The summed E-state index contributed by atoms with van der Waals surface area (Å²) in [7, 11) is 0. The summed E-state index contributed by atoms with van der Waals surface area (Å²) in [6.45, 7) is 7.13. The molecule has 1 aromatic rings.